The minimum atomic E-state index is -5.08. The number of benzene rings is 3. The lowest BCUT2D eigenvalue weighted by Gasteiger charge is -2.08. The number of amides is 1. The molecule has 0 aliphatic carbocycles. The topological polar surface area (TPSA) is 130 Å². The van der Waals surface area contributed by atoms with E-state index in [9.17, 15) is 27.9 Å². The molecule has 0 spiro atoms. The van der Waals surface area contributed by atoms with Gasteiger partial charge in [-0.2, -0.15) is 13.2 Å². The molecule has 0 heterocycles. The second-order valence-corrected chi connectivity index (χ2v) is 9.27. The summed E-state index contributed by atoms with van der Waals surface area (Å²) in [7, 11) is 0. The second kappa shape index (κ2) is 14.5. The molecule has 3 aromatic rings. The summed E-state index contributed by atoms with van der Waals surface area (Å²) in [6, 6.07) is 17.4. The van der Waals surface area contributed by atoms with Crippen LogP contribution >= 0.6 is 35.0 Å². The summed E-state index contributed by atoms with van der Waals surface area (Å²) in [6.07, 6.45) is -5.08. The van der Waals surface area contributed by atoms with E-state index >= 15 is 0 Å². The number of carbonyl (C=O) groups is 3. The fourth-order valence-electron chi connectivity index (χ4n) is 2.72. The van der Waals surface area contributed by atoms with Crippen molar-refractivity contribution in [1.82, 2.24) is 0 Å². The highest BCUT2D eigenvalue weighted by molar-refractivity contribution is 7.98. The number of hydrogen-bond acceptors (Lipinski definition) is 5. The predicted octanol–water partition coefficient (Wildman–Crippen LogP) is 5.91. The largest absolute Gasteiger partial charge is 0.490 e. The zero-order valence-corrected chi connectivity index (χ0v) is 22.0. The molecule has 0 aliphatic heterocycles. The number of nitrogens with one attached hydrogen (secondary N) is 1. The molecule has 0 atom stereocenters. The Morgan fingerprint density at radius 1 is 0.923 bits per heavy atom. The van der Waals surface area contributed by atoms with Crippen molar-refractivity contribution in [3.63, 3.8) is 0 Å². The summed E-state index contributed by atoms with van der Waals surface area (Å²) in [5.41, 5.74) is 8.42. The van der Waals surface area contributed by atoms with Gasteiger partial charge < -0.3 is 21.3 Å². The van der Waals surface area contributed by atoms with Crippen LogP contribution in [-0.2, 0) is 15.3 Å². The van der Waals surface area contributed by atoms with Crippen molar-refractivity contribution in [2.24, 2.45) is 5.73 Å². The third-order valence-corrected chi connectivity index (χ3v) is 6.38. The number of hydrogen-bond donors (Lipinski definition) is 4. The monoisotopic (exact) mass is 598 g/mol. The van der Waals surface area contributed by atoms with E-state index in [1.54, 1.807) is 48.5 Å². The summed E-state index contributed by atoms with van der Waals surface area (Å²) in [4.78, 5) is 32.6. The highest BCUT2D eigenvalue weighted by atomic mass is 35.5. The number of anilines is 1. The number of thioether (sulfide) groups is 1. The second-order valence-electron chi connectivity index (χ2n) is 7.44. The van der Waals surface area contributed by atoms with Gasteiger partial charge in [0.2, 0.25) is 5.91 Å². The van der Waals surface area contributed by atoms with Crippen LogP contribution in [-0.4, -0.2) is 40.8 Å². The molecule has 204 valence electrons. The van der Waals surface area contributed by atoms with E-state index in [-0.39, 0.29) is 18.0 Å². The summed E-state index contributed by atoms with van der Waals surface area (Å²) >= 11 is 13.4. The lowest BCUT2D eigenvalue weighted by Crippen LogP contribution is -2.21. The highest BCUT2D eigenvalue weighted by Crippen LogP contribution is 2.30. The standard InChI is InChI=1S/C24H18Cl2N2O3S.C2HF3O2/c25-20-9-7-17(11-21(20)26)14-32-22-12-16(6-8-19(22)24(30)31)5-4-15-2-1-3-18(10-15)28-23(29)13-27;3-2(4,5)1(6)7/h1-3,6-12H,13-14,27H2,(H,28,29)(H,30,31);(H,6,7). The maximum Gasteiger partial charge on any atom is 0.490 e. The molecule has 0 unspecified atom stereocenters. The van der Waals surface area contributed by atoms with Crippen LogP contribution in [0.2, 0.25) is 10.0 Å². The van der Waals surface area contributed by atoms with Gasteiger partial charge in [0.1, 0.15) is 0 Å². The first-order valence-electron chi connectivity index (χ1n) is 10.7. The molecule has 13 heteroatoms. The van der Waals surface area contributed by atoms with Crippen LogP contribution in [0.3, 0.4) is 0 Å². The van der Waals surface area contributed by atoms with Crippen LogP contribution in [0.4, 0.5) is 18.9 Å². The number of carboxylic acids is 2. The van der Waals surface area contributed by atoms with E-state index < -0.39 is 18.1 Å². The van der Waals surface area contributed by atoms with E-state index in [2.05, 4.69) is 17.2 Å². The fourth-order valence-corrected chi connectivity index (χ4v) is 4.06. The molecule has 0 bridgehead atoms. The number of halogens is 5. The van der Waals surface area contributed by atoms with Crippen molar-refractivity contribution in [2.75, 3.05) is 11.9 Å². The van der Waals surface area contributed by atoms with E-state index in [1.165, 1.54) is 11.8 Å². The number of alkyl halides is 3. The van der Waals surface area contributed by atoms with Crippen LogP contribution in [0.15, 0.2) is 65.6 Å². The van der Waals surface area contributed by atoms with Gasteiger partial charge in [0.15, 0.2) is 0 Å². The highest BCUT2D eigenvalue weighted by Gasteiger charge is 2.38. The molecule has 0 aromatic heterocycles. The fraction of sp³-hybridized carbons (Fsp3) is 0.115. The molecule has 0 fully saturated rings. The van der Waals surface area contributed by atoms with Crippen LogP contribution in [0.1, 0.15) is 27.0 Å². The average molecular weight is 599 g/mol. The van der Waals surface area contributed by atoms with E-state index in [0.717, 1.165) is 5.56 Å². The van der Waals surface area contributed by atoms with Crippen LogP contribution in [0.5, 0.6) is 0 Å². The minimum Gasteiger partial charge on any atom is -0.478 e. The van der Waals surface area contributed by atoms with Crippen LogP contribution in [0.25, 0.3) is 0 Å². The Morgan fingerprint density at radius 3 is 2.13 bits per heavy atom. The Morgan fingerprint density at radius 2 is 1.56 bits per heavy atom. The first-order valence-corrected chi connectivity index (χ1v) is 12.4. The normalized spacial score (nSPS) is 10.4. The van der Waals surface area contributed by atoms with E-state index in [1.807, 2.05) is 12.1 Å². The third kappa shape index (κ3) is 10.5. The number of aromatic carboxylic acids is 1. The van der Waals surface area contributed by atoms with Gasteiger partial charge >= 0.3 is 18.1 Å². The quantitative estimate of drug-likeness (QED) is 0.205. The maximum absolute atomic E-state index is 11.6. The van der Waals surface area contributed by atoms with Gasteiger partial charge in [-0.05, 0) is 54.1 Å². The van der Waals surface area contributed by atoms with Gasteiger partial charge in [-0.25, -0.2) is 9.59 Å². The summed E-state index contributed by atoms with van der Waals surface area (Å²) in [5, 5.41) is 20.3. The molecule has 5 N–H and O–H groups in total. The van der Waals surface area contributed by atoms with Crippen LogP contribution < -0.4 is 11.1 Å². The SMILES string of the molecule is NCC(=O)Nc1cccc(C#Cc2ccc(C(=O)O)c(SCc3ccc(Cl)c(Cl)c3)c2)c1.O=C(O)C(F)(F)F. The zero-order chi connectivity index (χ0) is 29.2. The lowest BCUT2D eigenvalue weighted by molar-refractivity contribution is -0.192. The Labute approximate surface area is 235 Å². The van der Waals surface area contributed by atoms with Crippen molar-refractivity contribution in [2.45, 2.75) is 16.8 Å². The summed E-state index contributed by atoms with van der Waals surface area (Å²) in [5.74, 6) is 2.55. The van der Waals surface area contributed by atoms with Crippen molar-refractivity contribution in [3.05, 3.63) is 93.0 Å². The third-order valence-electron chi connectivity index (χ3n) is 4.52. The molecular weight excluding hydrogens is 580 g/mol. The van der Waals surface area contributed by atoms with E-state index in [0.29, 0.717) is 37.5 Å². The van der Waals surface area contributed by atoms with Crippen molar-refractivity contribution in [1.29, 1.82) is 0 Å². The van der Waals surface area contributed by atoms with Gasteiger partial charge in [-0.3, -0.25) is 4.79 Å². The first kappa shape index (κ1) is 31.5. The number of aliphatic carboxylic acids is 1. The number of carboxylic acid groups (broad SMARTS) is 2. The van der Waals surface area contributed by atoms with Gasteiger partial charge in [-0.15, -0.1) is 11.8 Å². The molecular formula is C26H19Cl2F3N2O5S. The molecule has 0 radical (unpaired) electrons. The summed E-state index contributed by atoms with van der Waals surface area (Å²) in [6.45, 7) is -0.103. The molecule has 7 nitrogen and oxygen atoms in total. The van der Waals surface area contributed by atoms with Gasteiger partial charge in [0.25, 0.3) is 0 Å². The average Bonchev–Trinajstić information content (AvgIpc) is 2.88. The molecule has 1 amide bonds. The Kier molecular flexibility index (Phi) is 11.7. The summed E-state index contributed by atoms with van der Waals surface area (Å²) < 4.78 is 31.7. The van der Waals surface area contributed by atoms with E-state index in [4.69, 9.17) is 38.8 Å². The van der Waals surface area contributed by atoms with Crippen LogP contribution in [0, 0.1) is 11.8 Å². The molecule has 0 aliphatic rings. The van der Waals surface area contributed by atoms with Crippen molar-refractivity contribution >= 4 is 58.5 Å². The lowest BCUT2D eigenvalue weighted by atomic mass is 10.1. The van der Waals surface area contributed by atoms with Crippen molar-refractivity contribution in [3.8, 4) is 11.8 Å². The van der Waals surface area contributed by atoms with Gasteiger partial charge in [0.05, 0.1) is 22.2 Å². The number of carbonyl (C=O) groups excluding carboxylic acids is 1. The number of rotatable bonds is 6. The molecule has 39 heavy (non-hydrogen) atoms. The first-order chi connectivity index (χ1) is 18.3. The molecule has 0 saturated heterocycles. The minimum absolute atomic E-state index is 0.103. The predicted molar refractivity (Wildman–Crippen MR) is 143 cm³/mol. The smallest absolute Gasteiger partial charge is 0.478 e. The number of nitrogens with two attached hydrogens (primary N) is 1. The molecule has 0 saturated carbocycles. The maximum atomic E-state index is 11.6. The Bertz CT molecular complexity index is 1440. The molecule has 3 aromatic carbocycles. The zero-order valence-electron chi connectivity index (χ0n) is 19.7. The Hall–Kier alpha value is -3.69. The van der Waals surface area contributed by atoms with Gasteiger partial charge in [0, 0.05) is 27.5 Å². The van der Waals surface area contributed by atoms with Gasteiger partial charge in [-0.1, -0.05) is 47.2 Å². The molecule has 3 rings (SSSR count). The Balaban J connectivity index is 0.000000673. The van der Waals surface area contributed by atoms with Crippen molar-refractivity contribution < 1.29 is 37.8 Å².